The maximum absolute atomic E-state index is 12.5. The Morgan fingerprint density at radius 2 is 2.05 bits per heavy atom. The molecule has 0 bridgehead atoms. The number of nitrogens with zero attached hydrogens (tertiary/aromatic N) is 1. The molecule has 1 aromatic heterocycles. The van der Waals surface area contributed by atoms with Crippen LogP contribution in [0.25, 0.3) is 11.1 Å². The van der Waals surface area contributed by atoms with Crippen LogP contribution in [0.2, 0.25) is 5.15 Å². The van der Waals surface area contributed by atoms with E-state index in [0.29, 0.717) is 22.6 Å². The van der Waals surface area contributed by atoms with Crippen LogP contribution in [-0.4, -0.2) is 23.5 Å². The van der Waals surface area contributed by atoms with Gasteiger partial charge in [0.25, 0.3) is 0 Å². The highest BCUT2D eigenvalue weighted by Gasteiger charge is 2.28. The van der Waals surface area contributed by atoms with E-state index in [0.717, 1.165) is 0 Å². The first kappa shape index (κ1) is 14.7. The lowest BCUT2D eigenvalue weighted by atomic mass is 10.0. The fourth-order valence-corrected chi connectivity index (χ4v) is 2.29. The maximum Gasteiger partial charge on any atom is 0.393 e. The molecule has 0 saturated heterocycles. The van der Waals surface area contributed by atoms with Gasteiger partial charge in [-0.15, -0.1) is 0 Å². The molecule has 7 heteroatoms. The van der Waals surface area contributed by atoms with E-state index in [9.17, 15) is 13.2 Å². The topological polar surface area (TPSA) is 37.9 Å². The number of rotatable bonds is 3. The van der Waals surface area contributed by atoms with Gasteiger partial charge in [-0.1, -0.05) is 17.7 Å². The first-order valence-corrected chi connectivity index (χ1v) is 6.14. The highest BCUT2D eigenvalue weighted by molar-refractivity contribution is 6.32. The second-order valence-electron chi connectivity index (χ2n) is 4.34. The van der Waals surface area contributed by atoms with Crippen LogP contribution < -0.4 is 4.74 Å². The smallest absolute Gasteiger partial charge is 0.393 e. The minimum atomic E-state index is -4.26. The molecule has 0 aliphatic rings. The van der Waals surface area contributed by atoms with Crippen LogP contribution in [0.3, 0.4) is 0 Å². The molecule has 2 rings (SSSR count). The van der Waals surface area contributed by atoms with Gasteiger partial charge in [0.05, 0.1) is 13.5 Å². The molecule has 0 amide bonds. The summed E-state index contributed by atoms with van der Waals surface area (Å²) in [5.74, 6) is 0.447. The first-order chi connectivity index (χ1) is 9.31. The van der Waals surface area contributed by atoms with E-state index in [1.54, 1.807) is 6.92 Å². The largest absolute Gasteiger partial charge is 0.496 e. The number of hydrogen-bond acceptors (Lipinski definition) is 2. The fourth-order valence-electron chi connectivity index (χ4n) is 2.00. The summed E-state index contributed by atoms with van der Waals surface area (Å²) < 4.78 is 42.6. The van der Waals surface area contributed by atoms with Crippen LogP contribution in [-0.2, 0) is 6.42 Å². The number of halogens is 4. The minimum absolute atomic E-state index is 0.143. The summed E-state index contributed by atoms with van der Waals surface area (Å²) in [7, 11) is 1.45. The summed E-state index contributed by atoms with van der Waals surface area (Å²) in [4.78, 5) is 0. The Morgan fingerprint density at radius 1 is 1.35 bits per heavy atom. The number of H-pyrrole nitrogens is 1. The van der Waals surface area contributed by atoms with Crippen molar-refractivity contribution in [3.8, 4) is 16.9 Å². The average Bonchev–Trinajstić information content (AvgIpc) is 2.67. The van der Waals surface area contributed by atoms with Gasteiger partial charge in [-0.3, -0.25) is 5.10 Å². The van der Waals surface area contributed by atoms with E-state index in [-0.39, 0.29) is 10.7 Å². The van der Waals surface area contributed by atoms with Gasteiger partial charge in [0.2, 0.25) is 0 Å². The van der Waals surface area contributed by atoms with Gasteiger partial charge in [0, 0.05) is 16.8 Å². The molecule has 0 fully saturated rings. The second-order valence-corrected chi connectivity index (χ2v) is 4.70. The summed E-state index contributed by atoms with van der Waals surface area (Å²) in [5.41, 5.74) is 1.85. The molecular formula is C13H12ClF3N2O. The van der Waals surface area contributed by atoms with Crippen molar-refractivity contribution in [2.45, 2.75) is 19.5 Å². The predicted octanol–water partition coefficient (Wildman–Crippen LogP) is 4.15. The number of aromatic nitrogens is 2. The highest BCUT2D eigenvalue weighted by Crippen LogP contribution is 2.37. The normalized spacial score (nSPS) is 11.7. The number of nitrogens with one attached hydrogen (secondary N) is 1. The highest BCUT2D eigenvalue weighted by atomic mass is 35.5. The maximum atomic E-state index is 12.5. The Balaban J connectivity index is 2.53. The van der Waals surface area contributed by atoms with Gasteiger partial charge in [0.15, 0.2) is 5.15 Å². The Hall–Kier alpha value is -1.69. The van der Waals surface area contributed by atoms with Crippen LogP contribution in [0.4, 0.5) is 13.2 Å². The third-order valence-electron chi connectivity index (χ3n) is 2.84. The molecular weight excluding hydrogens is 293 g/mol. The Morgan fingerprint density at radius 3 is 2.55 bits per heavy atom. The summed E-state index contributed by atoms with van der Waals surface area (Å²) >= 11 is 5.97. The molecule has 2 aromatic rings. The van der Waals surface area contributed by atoms with E-state index in [4.69, 9.17) is 16.3 Å². The predicted molar refractivity (Wildman–Crippen MR) is 70.1 cm³/mol. The number of benzene rings is 1. The van der Waals surface area contributed by atoms with Crippen molar-refractivity contribution < 1.29 is 17.9 Å². The number of aryl methyl sites for hydroxylation is 1. The lowest BCUT2D eigenvalue weighted by molar-refractivity contribution is -0.127. The standard InChI is InChI=1S/C13H12ClF3N2O/c1-7-11(12(14)19-18-7)9-5-8(6-13(15,16)17)3-4-10(9)20-2/h3-5H,6H2,1-2H3,(H,18,19). The lowest BCUT2D eigenvalue weighted by Gasteiger charge is -2.12. The molecule has 108 valence electrons. The van der Waals surface area contributed by atoms with Crippen molar-refractivity contribution in [2.75, 3.05) is 7.11 Å². The molecule has 0 saturated carbocycles. The number of alkyl halides is 3. The van der Waals surface area contributed by atoms with Crippen LogP contribution in [0, 0.1) is 6.92 Å². The molecule has 0 spiro atoms. The zero-order valence-electron chi connectivity index (χ0n) is 10.8. The minimum Gasteiger partial charge on any atom is -0.496 e. The van der Waals surface area contributed by atoms with Crippen LogP contribution >= 0.6 is 11.6 Å². The van der Waals surface area contributed by atoms with Crippen molar-refractivity contribution in [1.29, 1.82) is 0 Å². The molecule has 0 unspecified atom stereocenters. The van der Waals surface area contributed by atoms with Crippen LogP contribution in [0.1, 0.15) is 11.3 Å². The van der Waals surface area contributed by atoms with Crippen molar-refractivity contribution in [3.05, 3.63) is 34.6 Å². The van der Waals surface area contributed by atoms with E-state index in [1.807, 2.05) is 0 Å². The molecule has 0 aliphatic carbocycles. The molecule has 0 radical (unpaired) electrons. The lowest BCUT2D eigenvalue weighted by Crippen LogP contribution is -2.11. The van der Waals surface area contributed by atoms with Gasteiger partial charge in [-0.05, 0) is 24.6 Å². The monoisotopic (exact) mass is 304 g/mol. The van der Waals surface area contributed by atoms with Crippen molar-refractivity contribution in [1.82, 2.24) is 10.2 Å². The SMILES string of the molecule is COc1ccc(CC(F)(F)F)cc1-c1c(Cl)n[nH]c1C. The van der Waals surface area contributed by atoms with Crippen LogP contribution in [0.5, 0.6) is 5.75 Å². The van der Waals surface area contributed by atoms with Gasteiger partial charge in [0.1, 0.15) is 5.75 Å². The Labute approximate surface area is 118 Å². The molecule has 20 heavy (non-hydrogen) atoms. The van der Waals surface area contributed by atoms with Crippen molar-refractivity contribution in [3.63, 3.8) is 0 Å². The van der Waals surface area contributed by atoms with Crippen molar-refractivity contribution in [2.24, 2.45) is 0 Å². The average molecular weight is 305 g/mol. The summed E-state index contributed by atoms with van der Waals surface area (Å²) in [6.07, 6.45) is -5.26. The molecule has 0 aliphatic heterocycles. The van der Waals surface area contributed by atoms with Gasteiger partial charge in [-0.25, -0.2) is 0 Å². The Kier molecular flexibility index (Phi) is 3.94. The van der Waals surface area contributed by atoms with Crippen LogP contribution in [0.15, 0.2) is 18.2 Å². The Bertz CT molecular complexity index is 603. The number of methoxy groups -OCH3 is 1. The second kappa shape index (κ2) is 5.36. The first-order valence-electron chi connectivity index (χ1n) is 5.76. The number of aromatic amines is 1. The van der Waals surface area contributed by atoms with E-state index in [2.05, 4.69) is 10.2 Å². The van der Waals surface area contributed by atoms with Gasteiger partial charge >= 0.3 is 6.18 Å². The zero-order chi connectivity index (χ0) is 14.9. The molecule has 3 nitrogen and oxygen atoms in total. The quantitative estimate of drug-likeness (QED) is 0.925. The summed E-state index contributed by atoms with van der Waals surface area (Å²) in [6.45, 7) is 1.74. The summed E-state index contributed by atoms with van der Waals surface area (Å²) in [5, 5.41) is 6.73. The fraction of sp³-hybridized carbons (Fsp3) is 0.308. The van der Waals surface area contributed by atoms with E-state index >= 15 is 0 Å². The van der Waals surface area contributed by atoms with Gasteiger partial charge < -0.3 is 4.74 Å². The van der Waals surface area contributed by atoms with E-state index < -0.39 is 12.6 Å². The van der Waals surface area contributed by atoms with E-state index in [1.165, 1.54) is 25.3 Å². The number of ether oxygens (including phenoxy) is 1. The molecule has 1 N–H and O–H groups in total. The molecule has 0 atom stereocenters. The van der Waals surface area contributed by atoms with Crippen molar-refractivity contribution >= 4 is 11.6 Å². The molecule has 1 heterocycles. The third kappa shape index (κ3) is 3.07. The zero-order valence-corrected chi connectivity index (χ0v) is 11.6. The third-order valence-corrected chi connectivity index (χ3v) is 3.11. The number of hydrogen-bond donors (Lipinski definition) is 1. The molecule has 1 aromatic carbocycles. The van der Waals surface area contributed by atoms with Gasteiger partial charge in [-0.2, -0.15) is 18.3 Å². The summed E-state index contributed by atoms with van der Waals surface area (Å²) in [6, 6.07) is 4.31.